The van der Waals surface area contributed by atoms with Gasteiger partial charge in [0.05, 0.1) is 0 Å². The summed E-state index contributed by atoms with van der Waals surface area (Å²) in [6.45, 7) is 8.93. The third-order valence-corrected chi connectivity index (χ3v) is 8.42. The van der Waals surface area contributed by atoms with Gasteiger partial charge >= 0.3 is 0 Å². The minimum atomic E-state index is -3.32. The Bertz CT molecular complexity index is 530. The summed E-state index contributed by atoms with van der Waals surface area (Å²) in [6, 6.07) is 0. The topological polar surface area (TPSA) is 53.1 Å². The van der Waals surface area contributed by atoms with Crippen molar-refractivity contribution in [2.45, 2.75) is 45.4 Å². The van der Waals surface area contributed by atoms with Gasteiger partial charge in [0, 0.05) is 46.4 Å². The van der Waals surface area contributed by atoms with Crippen molar-refractivity contribution in [1.29, 1.82) is 0 Å². The number of hydrogen-bond donors (Lipinski definition) is 0. The molecule has 6 nitrogen and oxygen atoms in total. The largest absolute Gasteiger partial charge is 0.384 e. The van der Waals surface area contributed by atoms with Crippen LogP contribution in [0.3, 0.4) is 0 Å². The molecule has 0 aromatic rings. The first kappa shape index (κ1) is 19.5. The summed E-state index contributed by atoms with van der Waals surface area (Å²) in [5.74, 6) is 0.501. The summed E-state index contributed by atoms with van der Waals surface area (Å²) in [7, 11) is -1.59. The molecule has 1 atom stereocenters. The number of rotatable bonds is 5. The van der Waals surface area contributed by atoms with Crippen molar-refractivity contribution in [1.82, 2.24) is 13.5 Å². The Labute approximate surface area is 153 Å². The first-order valence-electron chi connectivity index (χ1n) is 9.96. The second-order valence-electron chi connectivity index (χ2n) is 8.21. The molecule has 1 spiro atoms. The molecule has 3 aliphatic heterocycles. The van der Waals surface area contributed by atoms with E-state index in [1.807, 2.05) is 0 Å². The maximum absolute atomic E-state index is 13.2. The Morgan fingerprint density at radius 3 is 2.32 bits per heavy atom. The highest BCUT2D eigenvalue weighted by Crippen LogP contribution is 2.39. The van der Waals surface area contributed by atoms with E-state index >= 15 is 0 Å². The number of ether oxygens (including phenoxy) is 1. The monoisotopic (exact) mass is 373 g/mol. The van der Waals surface area contributed by atoms with Crippen molar-refractivity contribution in [3.8, 4) is 0 Å². The number of nitrogens with zero attached hydrogens (tertiary/aromatic N) is 3. The van der Waals surface area contributed by atoms with Crippen LogP contribution in [0.5, 0.6) is 0 Å². The Balaban J connectivity index is 1.64. The van der Waals surface area contributed by atoms with E-state index in [1.165, 1.54) is 19.3 Å². The minimum absolute atomic E-state index is 0.175. The van der Waals surface area contributed by atoms with Crippen molar-refractivity contribution >= 4 is 10.2 Å². The van der Waals surface area contributed by atoms with E-state index in [4.69, 9.17) is 4.74 Å². The summed E-state index contributed by atoms with van der Waals surface area (Å²) < 4.78 is 35.1. The quantitative estimate of drug-likeness (QED) is 0.737. The summed E-state index contributed by atoms with van der Waals surface area (Å²) in [5, 5.41) is 0. The van der Waals surface area contributed by atoms with Gasteiger partial charge in [0.1, 0.15) is 0 Å². The fourth-order valence-electron chi connectivity index (χ4n) is 4.98. The van der Waals surface area contributed by atoms with E-state index < -0.39 is 10.2 Å². The van der Waals surface area contributed by atoms with Gasteiger partial charge in [0.25, 0.3) is 10.2 Å². The van der Waals surface area contributed by atoms with Gasteiger partial charge in [-0.15, -0.1) is 0 Å². The zero-order valence-electron chi connectivity index (χ0n) is 16.0. The first-order chi connectivity index (χ1) is 12.0. The summed E-state index contributed by atoms with van der Waals surface area (Å²) >= 11 is 0. The molecule has 3 rings (SSSR count). The minimum Gasteiger partial charge on any atom is -0.384 e. The van der Waals surface area contributed by atoms with E-state index in [0.717, 1.165) is 45.5 Å². The first-order valence-corrected chi connectivity index (χ1v) is 11.4. The van der Waals surface area contributed by atoms with Crippen LogP contribution in [0.25, 0.3) is 0 Å². The Hall–Kier alpha value is -0.210. The lowest BCUT2D eigenvalue weighted by molar-refractivity contribution is 0.0399. The van der Waals surface area contributed by atoms with E-state index in [-0.39, 0.29) is 5.41 Å². The molecule has 0 N–H and O–H groups in total. The highest BCUT2D eigenvalue weighted by molar-refractivity contribution is 7.86. The summed E-state index contributed by atoms with van der Waals surface area (Å²) in [4.78, 5) is 2.50. The fraction of sp³-hybridized carbons (Fsp3) is 1.00. The van der Waals surface area contributed by atoms with Crippen LogP contribution in [-0.4, -0.2) is 81.5 Å². The molecule has 3 heterocycles. The van der Waals surface area contributed by atoms with Crippen molar-refractivity contribution in [2.24, 2.45) is 11.3 Å². The van der Waals surface area contributed by atoms with Gasteiger partial charge in [-0.05, 0) is 62.9 Å². The average molecular weight is 374 g/mol. The predicted octanol–water partition coefficient (Wildman–Crippen LogP) is 1.79. The lowest BCUT2D eigenvalue weighted by Crippen LogP contribution is -2.56. The van der Waals surface area contributed by atoms with E-state index in [9.17, 15) is 8.42 Å². The Morgan fingerprint density at radius 1 is 1.00 bits per heavy atom. The maximum Gasteiger partial charge on any atom is 0.281 e. The smallest absolute Gasteiger partial charge is 0.281 e. The van der Waals surface area contributed by atoms with Crippen LogP contribution in [0.15, 0.2) is 0 Å². The molecule has 0 aliphatic carbocycles. The molecule has 3 saturated heterocycles. The predicted molar refractivity (Wildman–Crippen MR) is 99.7 cm³/mol. The van der Waals surface area contributed by atoms with Crippen LogP contribution in [0.4, 0.5) is 0 Å². The van der Waals surface area contributed by atoms with Crippen LogP contribution < -0.4 is 0 Å². The Morgan fingerprint density at radius 2 is 1.68 bits per heavy atom. The third-order valence-electron chi connectivity index (χ3n) is 6.44. The lowest BCUT2D eigenvalue weighted by Gasteiger charge is -2.48. The molecule has 3 fully saturated rings. The van der Waals surface area contributed by atoms with Crippen LogP contribution in [-0.2, 0) is 14.9 Å². The van der Waals surface area contributed by atoms with E-state index in [0.29, 0.717) is 32.1 Å². The molecule has 7 heteroatoms. The van der Waals surface area contributed by atoms with Crippen LogP contribution in [0.2, 0.25) is 0 Å². The van der Waals surface area contributed by atoms with Gasteiger partial charge in [0.2, 0.25) is 0 Å². The van der Waals surface area contributed by atoms with Crippen molar-refractivity contribution < 1.29 is 13.2 Å². The van der Waals surface area contributed by atoms with Gasteiger partial charge in [-0.2, -0.15) is 17.0 Å². The molecule has 0 radical (unpaired) electrons. The average Bonchev–Trinajstić information content (AvgIpc) is 2.62. The molecular weight excluding hydrogens is 338 g/mol. The molecular formula is C18H35N3O3S. The lowest BCUT2D eigenvalue weighted by atomic mass is 9.74. The summed E-state index contributed by atoms with van der Waals surface area (Å²) in [5.41, 5.74) is 0.175. The number of hydrogen-bond acceptors (Lipinski definition) is 4. The molecule has 3 aliphatic rings. The fourth-order valence-corrected chi connectivity index (χ4v) is 6.77. The van der Waals surface area contributed by atoms with Crippen molar-refractivity contribution in [2.75, 3.05) is 59.5 Å². The van der Waals surface area contributed by atoms with Gasteiger partial charge in [0.15, 0.2) is 0 Å². The van der Waals surface area contributed by atoms with Gasteiger partial charge in [-0.1, -0.05) is 6.92 Å². The zero-order valence-corrected chi connectivity index (χ0v) is 16.8. The van der Waals surface area contributed by atoms with E-state index in [2.05, 4.69) is 11.8 Å². The number of methoxy groups -OCH3 is 1. The van der Waals surface area contributed by atoms with Crippen molar-refractivity contribution in [3.05, 3.63) is 0 Å². The standard InChI is InChI=1S/C18H35N3O3S/c1-3-19-10-4-8-18(15-19)9-5-11-21(16-18)25(22,23)20-12-6-17(7-13-20)14-24-2/h17H,3-16H2,1-2H3. The zero-order chi connectivity index (χ0) is 17.9. The van der Waals surface area contributed by atoms with Crippen LogP contribution >= 0.6 is 0 Å². The summed E-state index contributed by atoms with van der Waals surface area (Å²) in [6.07, 6.45) is 6.36. The molecule has 0 amide bonds. The molecule has 0 aromatic heterocycles. The van der Waals surface area contributed by atoms with Crippen molar-refractivity contribution in [3.63, 3.8) is 0 Å². The van der Waals surface area contributed by atoms with Gasteiger partial charge in [-0.25, -0.2) is 0 Å². The highest BCUT2D eigenvalue weighted by atomic mass is 32.2. The molecule has 1 unspecified atom stereocenters. The number of piperidine rings is 3. The SMILES string of the molecule is CCN1CCCC2(CCCN(S(=O)(=O)N3CCC(COC)CC3)C2)C1. The maximum atomic E-state index is 13.2. The van der Waals surface area contributed by atoms with Crippen LogP contribution in [0, 0.1) is 11.3 Å². The second-order valence-corrected chi connectivity index (χ2v) is 10.1. The van der Waals surface area contributed by atoms with E-state index in [1.54, 1.807) is 15.7 Å². The second kappa shape index (κ2) is 8.21. The molecule has 146 valence electrons. The normalized spacial score (nSPS) is 31.6. The third kappa shape index (κ3) is 4.38. The van der Waals surface area contributed by atoms with Gasteiger partial charge in [-0.3, -0.25) is 0 Å². The molecule has 0 bridgehead atoms. The Kier molecular flexibility index (Phi) is 6.42. The van der Waals surface area contributed by atoms with Gasteiger partial charge < -0.3 is 9.64 Å². The molecule has 25 heavy (non-hydrogen) atoms. The molecule has 0 saturated carbocycles. The number of likely N-dealkylation sites (tertiary alicyclic amines) is 1. The molecule has 0 aromatic carbocycles. The van der Waals surface area contributed by atoms with Crippen LogP contribution in [0.1, 0.15) is 45.4 Å². The highest BCUT2D eigenvalue weighted by Gasteiger charge is 2.43.